The molecule has 3 nitrogen and oxygen atoms in total. The number of para-hydroxylation sites is 1. The van der Waals surface area contributed by atoms with Gasteiger partial charge >= 0.3 is 0 Å². The third kappa shape index (κ3) is 5.46. The van der Waals surface area contributed by atoms with Crippen molar-refractivity contribution in [3.8, 4) is 5.75 Å². The Kier molecular flexibility index (Phi) is 7.18. The number of benzene rings is 1. The van der Waals surface area contributed by atoms with Crippen molar-refractivity contribution in [2.75, 3.05) is 39.3 Å². The normalized spacial score (nSPS) is 22.4. The fourth-order valence-corrected chi connectivity index (χ4v) is 4.52. The molecule has 1 aromatic carbocycles. The molecule has 25 heavy (non-hydrogen) atoms. The van der Waals surface area contributed by atoms with Gasteiger partial charge in [0.15, 0.2) is 0 Å². The molecule has 2 aliphatic heterocycles. The summed E-state index contributed by atoms with van der Waals surface area (Å²) in [5.41, 5.74) is 1.92. The van der Waals surface area contributed by atoms with E-state index in [1.807, 2.05) is 0 Å². The van der Waals surface area contributed by atoms with Crippen LogP contribution in [0.2, 0.25) is 0 Å². The summed E-state index contributed by atoms with van der Waals surface area (Å²) >= 11 is 0. The first-order valence-corrected chi connectivity index (χ1v) is 10.5. The number of unbranched alkanes of at least 4 members (excludes halogenated alkanes) is 1. The number of nitrogens with zero attached hydrogens (tertiary/aromatic N) is 1. The maximum atomic E-state index is 6.19. The van der Waals surface area contributed by atoms with E-state index in [0.717, 1.165) is 25.3 Å². The summed E-state index contributed by atoms with van der Waals surface area (Å²) in [6.45, 7) is 9.04. The minimum Gasteiger partial charge on any atom is -0.492 e. The van der Waals surface area contributed by atoms with Crippen molar-refractivity contribution in [3.63, 3.8) is 0 Å². The molecule has 0 aromatic heterocycles. The molecule has 3 heteroatoms. The zero-order valence-corrected chi connectivity index (χ0v) is 16.1. The van der Waals surface area contributed by atoms with Crippen LogP contribution in [0.15, 0.2) is 24.3 Å². The van der Waals surface area contributed by atoms with Gasteiger partial charge in [-0.05, 0) is 75.2 Å². The van der Waals surface area contributed by atoms with E-state index in [1.54, 1.807) is 0 Å². The molecule has 140 valence electrons. The number of hydrogen-bond donors (Lipinski definition) is 1. The van der Waals surface area contributed by atoms with E-state index in [9.17, 15) is 0 Å². The minimum absolute atomic E-state index is 0.526. The summed E-state index contributed by atoms with van der Waals surface area (Å²) in [5, 5.41) is 3.57. The summed E-state index contributed by atoms with van der Waals surface area (Å²) < 4.78 is 6.19. The van der Waals surface area contributed by atoms with Gasteiger partial charge in [-0.25, -0.2) is 0 Å². The molecule has 3 rings (SSSR count). The molecule has 0 bridgehead atoms. The average molecular weight is 345 g/mol. The highest BCUT2D eigenvalue weighted by Crippen LogP contribution is 2.36. The first-order chi connectivity index (χ1) is 12.3. The molecule has 0 saturated carbocycles. The van der Waals surface area contributed by atoms with E-state index in [2.05, 4.69) is 41.4 Å². The van der Waals surface area contributed by atoms with Gasteiger partial charge in [-0.3, -0.25) is 4.90 Å². The van der Waals surface area contributed by atoms with Crippen LogP contribution in [0, 0.1) is 5.41 Å². The van der Waals surface area contributed by atoms with Crippen molar-refractivity contribution in [2.24, 2.45) is 5.41 Å². The second-order valence-electron chi connectivity index (χ2n) is 8.04. The number of hydrogen-bond acceptors (Lipinski definition) is 3. The van der Waals surface area contributed by atoms with Crippen molar-refractivity contribution in [1.29, 1.82) is 0 Å². The summed E-state index contributed by atoms with van der Waals surface area (Å²) in [5.74, 6) is 1.11. The fourth-order valence-electron chi connectivity index (χ4n) is 4.52. The van der Waals surface area contributed by atoms with Gasteiger partial charge in [-0.2, -0.15) is 0 Å². The number of rotatable bonds is 3. The van der Waals surface area contributed by atoms with E-state index >= 15 is 0 Å². The molecule has 0 radical (unpaired) electrons. The fraction of sp³-hybridized carbons (Fsp3) is 0.727. The van der Waals surface area contributed by atoms with Gasteiger partial charge in [0.05, 0.1) is 0 Å². The second-order valence-corrected chi connectivity index (χ2v) is 8.04. The maximum absolute atomic E-state index is 6.19. The Bertz CT molecular complexity index is 511. The van der Waals surface area contributed by atoms with E-state index in [1.165, 1.54) is 76.7 Å². The summed E-state index contributed by atoms with van der Waals surface area (Å²) in [7, 11) is 0. The summed E-state index contributed by atoms with van der Waals surface area (Å²) in [6.07, 6.45) is 10.4. The molecule has 0 aliphatic carbocycles. The Morgan fingerprint density at radius 1 is 1.12 bits per heavy atom. The third-order valence-electron chi connectivity index (χ3n) is 6.09. The van der Waals surface area contributed by atoms with E-state index < -0.39 is 0 Å². The van der Waals surface area contributed by atoms with Crippen LogP contribution in [0.5, 0.6) is 5.75 Å². The standard InChI is InChI=1S/C22H36N2O/c1-2-3-16-24-17-18-25-21-10-5-4-8-20(21)9-6-7-11-22(19-24)12-14-23-15-13-22/h4-5,8,10,23H,2-3,6-7,9,11-19H2,1H3. The first-order valence-electron chi connectivity index (χ1n) is 10.5. The summed E-state index contributed by atoms with van der Waals surface area (Å²) in [6, 6.07) is 8.64. The van der Waals surface area contributed by atoms with Crippen LogP contribution in [-0.2, 0) is 6.42 Å². The molecule has 2 aliphatic rings. The lowest BCUT2D eigenvalue weighted by Gasteiger charge is -2.42. The number of fused-ring (bicyclic) bond motifs is 1. The van der Waals surface area contributed by atoms with Crippen LogP contribution in [0.25, 0.3) is 0 Å². The molecule has 1 N–H and O–H groups in total. The SMILES string of the molecule is CCCCN1CCOc2ccccc2CCCCC2(CCNCC2)C1. The van der Waals surface area contributed by atoms with Crippen molar-refractivity contribution < 1.29 is 4.74 Å². The van der Waals surface area contributed by atoms with Crippen molar-refractivity contribution in [1.82, 2.24) is 10.2 Å². The first kappa shape index (κ1) is 18.7. The van der Waals surface area contributed by atoms with Crippen LogP contribution in [0.3, 0.4) is 0 Å². The highest BCUT2D eigenvalue weighted by Gasteiger charge is 2.33. The van der Waals surface area contributed by atoms with E-state index in [-0.39, 0.29) is 0 Å². The smallest absolute Gasteiger partial charge is 0.122 e. The zero-order valence-electron chi connectivity index (χ0n) is 16.1. The monoisotopic (exact) mass is 344 g/mol. The molecule has 0 amide bonds. The lowest BCUT2D eigenvalue weighted by atomic mass is 9.74. The lowest BCUT2D eigenvalue weighted by molar-refractivity contribution is 0.0864. The molecule has 1 aromatic rings. The number of piperidine rings is 1. The maximum Gasteiger partial charge on any atom is 0.122 e. The molecule has 0 unspecified atom stereocenters. The third-order valence-corrected chi connectivity index (χ3v) is 6.09. The largest absolute Gasteiger partial charge is 0.492 e. The number of aryl methyl sites for hydroxylation is 1. The minimum atomic E-state index is 0.526. The van der Waals surface area contributed by atoms with E-state index in [4.69, 9.17) is 4.74 Å². The molecular formula is C22H36N2O. The van der Waals surface area contributed by atoms with E-state index in [0.29, 0.717) is 5.41 Å². The van der Waals surface area contributed by atoms with Gasteiger partial charge in [0.1, 0.15) is 12.4 Å². The van der Waals surface area contributed by atoms with Gasteiger partial charge in [-0.15, -0.1) is 0 Å². The Morgan fingerprint density at radius 3 is 2.80 bits per heavy atom. The van der Waals surface area contributed by atoms with Gasteiger partial charge in [0.25, 0.3) is 0 Å². The van der Waals surface area contributed by atoms with Crippen molar-refractivity contribution in [3.05, 3.63) is 29.8 Å². The van der Waals surface area contributed by atoms with Crippen molar-refractivity contribution >= 4 is 0 Å². The Balaban J connectivity index is 1.72. The van der Waals surface area contributed by atoms with Gasteiger partial charge in [-0.1, -0.05) is 38.0 Å². The Hall–Kier alpha value is -1.06. The van der Waals surface area contributed by atoms with Crippen LogP contribution in [0.4, 0.5) is 0 Å². The molecule has 1 saturated heterocycles. The van der Waals surface area contributed by atoms with Crippen LogP contribution in [-0.4, -0.2) is 44.2 Å². The predicted octanol–water partition coefficient (Wildman–Crippen LogP) is 4.26. The molecule has 0 atom stereocenters. The number of ether oxygens (including phenoxy) is 1. The highest BCUT2D eigenvalue weighted by atomic mass is 16.5. The van der Waals surface area contributed by atoms with Crippen LogP contribution >= 0.6 is 0 Å². The average Bonchev–Trinajstić information content (AvgIpc) is 2.64. The van der Waals surface area contributed by atoms with Crippen molar-refractivity contribution in [2.45, 2.75) is 58.3 Å². The van der Waals surface area contributed by atoms with Gasteiger partial charge < -0.3 is 10.1 Å². The quantitative estimate of drug-likeness (QED) is 0.886. The lowest BCUT2D eigenvalue weighted by Crippen LogP contribution is -2.46. The molecule has 1 spiro atoms. The molecular weight excluding hydrogens is 308 g/mol. The second kappa shape index (κ2) is 9.59. The summed E-state index contributed by atoms with van der Waals surface area (Å²) in [4.78, 5) is 2.69. The van der Waals surface area contributed by atoms with Gasteiger partial charge in [0, 0.05) is 13.1 Å². The van der Waals surface area contributed by atoms with Crippen LogP contribution in [0.1, 0.15) is 57.4 Å². The van der Waals surface area contributed by atoms with Crippen LogP contribution < -0.4 is 10.1 Å². The molecule has 1 fully saturated rings. The topological polar surface area (TPSA) is 24.5 Å². The Morgan fingerprint density at radius 2 is 1.96 bits per heavy atom. The Labute approximate surface area is 154 Å². The zero-order chi connectivity index (χ0) is 17.4. The number of nitrogens with one attached hydrogen (secondary N) is 1. The van der Waals surface area contributed by atoms with Gasteiger partial charge in [0.2, 0.25) is 0 Å². The molecule has 2 heterocycles. The highest BCUT2D eigenvalue weighted by molar-refractivity contribution is 5.33. The predicted molar refractivity (Wildman–Crippen MR) is 105 cm³/mol.